The van der Waals surface area contributed by atoms with E-state index in [1.54, 1.807) is 37.6 Å². The van der Waals surface area contributed by atoms with Crippen LogP contribution in [0.1, 0.15) is 57.8 Å². The molecule has 1 N–H and O–H groups in total. The fraction of sp³-hybridized carbons (Fsp3) is 0.286. The van der Waals surface area contributed by atoms with Crippen molar-refractivity contribution in [1.82, 2.24) is 10.3 Å². The maximum Gasteiger partial charge on any atom is 0.251 e. The van der Waals surface area contributed by atoms with Crippen LogP contribution in [0.4, 0.5) is 0 Å². The summed E-state index contributed by atoms with van der Waals surface area (Å²) in [6.45, 7) is 4.65. The Morgan fingerprint density at radius 3 is 2.50 bits per heavy atom. The number of aliphatic imine (C=N–C) groups is 1. The molecule has 2 aromatic carbocycles. The number of hydrogen-bond donors (Lipinski definition) is 1. The number of nitrogens with one attached hydrogen (secondary N) is 1. The van der Waals surface area contributed by atoms with Crippen LogP contribution in [-0.4, -0.2) is 41.6 Å². The molecule has 0 aliphatic carbocycles. The van der Waals surface area contributed by atoms with Gasteiger partial charge in [-0.1, -0.05) is 24.3 Å². The molecular weight excluding hydrogens is 426 g/mol. The number of carbonyl (C=O) groups is 2. The van der Waals surface area contributed by atoms with Crippen LogP contribution in [0.5, 0.6) is 5.75 Å². The van der Waals surface area contributed by atoms with Crippen molar-refractivity contribution in [2.75, 3.05) is 13.7 Å². The Bertz CT molecular complexity index is 1220. The van der Waals surface area contributed by atoms with Crippen molar-refractivity contribution < 1.29 is 14.3 Å². The number of carbonyl (C=O) groups excluding carboxylic acids is 2. The van der Waals surface area contributed by atoms with E-state index < -0.39 is 0 Å². The molecule has 0 fully saturated rings. The molecule has 6 heteroatoms. The van der Waals surface area contributed by atoms with E-state index in [4.69, 9.17) is 9.73 Å². The first-order chi connectivity index (χ1) is 16.3. The van der Waals surface area contributed by atoms with Gasteiger partial charge in [0.1, 0.15) is 5.75 Å². The summed E-state index contributed by atoms with van der Waals surface area (Å²) in [7, 11) is 1.63. The molecule has 1 amide bonds. The Labute approximate surface area is 200 Å². The maximum atomic E-state index is 13.1. The number of Topliss-reactive ketones (excluding diaryl/α,β-unsaturated/α-hetero) is 1. The van der Waals surface area contributed by atoms with Crippen molar-refractivity contribution in [2.24, 2.45) is 4.99 Å². The zero-order chi connectivity index (χ0) is 24.1. The lowest BCUT2D eigenvalue weighted by Crippen LogP contribution is -2.30. The third-order valence-corrected chi connectivity index (χ3v) is 5.88. The Kier molecular flexibility index (Phi) is 6.87. The number of hydrogen-bond acceptors (Lipinski definition) is 5. The molecule has 3 aromatic rings. The zero-order valence-corrected chi connectivity index (χ0v) is 19.8. The van der Waals surface area contributed by atoms with Gasteiger partial charge in [0.05, 0.1) is 24.8 Å². The van der Waals surface area contributed by atoms with Crippen LogP contribution in [0, 0.1) is 0 Å². The summed E-state index contributed by atoms with van der Waals surface area (Å²) < 4.78 is 5.38. The lowest BCUT2D eigenvalue weighted by molar-refractivity contribution is 0.0951. The quantitative estimate of drug-likeness (QED) is 0.509. The lowest BCUT2D eigenvalue weighted by Gasteiger charge is -2.29. The van der Waals surface area contributed by atoms with Crippen molar-refractivity contribution in [3.8, 4) is 5.75 Å². The second-order valence-corrected chi connectivity index (χ2v) is 9.08. The van der Waals surface area contributed by atoms with Crippen molar-refractivity contribution in [3.63, 3.8) is 0 Å². The van der Waals surface area contributed by atoms with Gasteiger partial charge in [-0.05, 0) is 62.2 Å². The molecule has 34 heavy (non-hydrogen) atoms. The van der Waals surface area contributed by atoms with E-state index in [0.717, 1.165) is 29.1 Å². The van der Waals surface area contributed by atoms with Gasteiger partial charge in [0.2, 0.25) is 0 Å². The van der Waals surface area contributed by atoms with Crippen LogP contribution in [-0.2, 0) is 12.8 Å². The predicted octanol–water partition coefficient (Wildman–Crippen LogP) is 4.46. The van der Waals surface area contributed by atoms with Crippen molar-refractivity contribution in [3.05, 3.63) is 94.8 Å². The monoisotopic (exact) mass is 455 g/mol. The van der Waals surface area contributed by atoms with Gasteiger partial charge < -0.3 is 10.1 Å². The van der Waals surface area contributed by atoms with Gasteiger partial charge in [0.25, 0.3) is 5.91 Å². The van der Waals surface area contributed by atoms with Crippen molar-refractivity contribution in [2.45, 2.75) is 38.6 Å². The van der Waals surface area contributed by atoms with Crippen LogP contribution in [0.3, 0.4) is 0 Å². The van der Waals surface area contributed by atoms with Crippen molar-refractivity contribution >= 4 is 17.4 Å². The number of methoxy groups -OCH3 is 1. The standard InChI is InChI=1S/C28H29N3O3/c1-28(2)18-21-11-12-23(34-3)16-24(21)25(31-28)17-26(32)19-7-9-20(10-8-19)27(33)30-15-13-22-6-4-5-14-29-22/h4-12,14,16H,13,15,17-18H2,1-3H3,(H,30,33). The van der Waals surface area contributed by atoms with E-state index in [0.29, 0.717) is 24.1 Å². The van der Waals surface area contributed by atoms with E-state index in [1.165, 1.54) is 5.56 Å². The van der Waals surface area contributed by atoms with Gasteiger partial charge >= 0.3 is 0 Å². The molecule has 0 unspecified atom stereocenters. The van der Waals surface area contributed by atoms with Gasteiger partial charge in [-0.25, -0.2) is 0 Å². The molecule has 0 saturated carbocycles. The third kappa shape index (κ3) is 5.57. The van der Waals surface area contributed by atoms with E-state index in [2.05, 4.69) is 30.2 Å². The van der Waals surface area contributed by atoms with E-state index in [-0.39, 0.29) is 23.7 Å². The molecule has 0 bridgehead atoms. The Morgan fingerprint density at radius 1 is 1.03 bits per heavy atom. The molecular formula is C28H29N3O3. The number of pyridine rings is 1. The zero-order valence-electron chi connectivity index (χ0n) is 19.8. The Balaban J connectivity index is 1.42. The van der Waals surface area contributed by atoms with Crippen LogP contribution in [0.2, 0.25) is 0 Å². The largest absolute Gasteiger partial charge is 0.497 e. The Morgan fingerprint density at radius 2 is 1.79 bits per heavy atom. The number of fused-ring (bicyclic) bond motifs is 1. The van der Waals surface area contributed by atoms with E-state index in [1.807, 2.05) is 30.3 Å². The first kappa shape index (κ1) is 23.4. The molecule has 0 spiro atoms. The van der Waals surface area contributed by atoms with Gasteiger partial charge in [0, 0.05) is 41.5 Å². The summed E-state index contributed by atoms with van der Waals surface area (Å²) in [4.78, 5) is 34.7. The number of aromatic nitrogens is 1. The smallest absolute Gasteiger partial charge is 0.251 e. The normalized spacial score (nSPS) is 14.0. The second kappa shape index (κ2) is 10.00. The van der Waals surface area contributed by atoms with E-state index in [9.17, 15) is 9.59 Å². The average molecular weight is 456 g/mol. The molecule has 0 atom stereocenters. The number of amides is 1. The summed E-state index contributed by atoms with van der Waals surface area (Å²) in [6, 6.07) is 18.5. The predicted molar refractivity (Wildman–Crippen MR) is 133 cm³/mol. The summed E-state index contributed by atoms with van der Waals surface area (Å²) >= 11 is 0. The number of ether oxygens (including phenoxy) is 1. The highest BCUT2D eigenvalue weighted by molar-refractivity contribution is 6.17. The molecule has 1 aromatic heterocycles. The van der Waals surface area contributed by atoms with Gasteiger partial charge in [0.15, 0.2) is 5.78 Å². The number of nitrogens with zero attached hydrogens (tertiary/aromatic N) is 2. The summed E-state index contributed by atoms with van der Waals surface area (Å²) in [5, 5.41) is 2.90. The minimum atomic E-state index is -0.269. The molecule has 6 nitrogen and oxygen atoms in total. The first-order valence-corrected chi connectivity index (χ1v) is 11.4. The molecule has 4 rings (SSSR count). The highest BCUT2D eigenvalue weighted by Gasteiger charge is 2.28. The minimum absolute atomic E-state index is 0.0349. The van der Waals surface area contributed by atoms with Gasteiger partial charge in [-0.2, -0.15) is 0 Å². The van der Waals surface area contributed by atoms with Gasteiger partial charge in [-0.3, -0.25) is 19.6 Å². The first-order valence-electron chi connectivity index (χ1n) is 11.4. The fourth-order valence-corrected chi connectivity index (χ4v) is 4.19. The summed E-state index contributed by atoms with van der Waals surface area (Å²) in [6.07, 6.45) is 3.41. The van der Waals surface area contributed by atoms with Crippen LogP contribution in [0.15, 0.2) is 71.9 Å². The lowest BCUT2D eigenvalue weighted by atomic mass is 9.85. The van der Waals surface area contributed by atoms with Crippen LogP contribution in [0.25, 0.3) is 0 Å². The number of rotatable bonds is 8. The summed E-state index contributed by atoms with van der Waals surface area (Å²) in [5.41, 5.74) is 4.64. The number of benzene rings is 2. The number of ketones is 1. The van der Waals surface area contributed by atoms with Crippen molar-refractivity contribution in [1.29, 1.82) is 0 Å². The topological polar surface area (TPSA) is 80.7 Å². The fourth-order valence-electron chi connectivity index (χ4n) is 4.19. The molecule has 174 valence electrons. The average Bonchev–Trinajstić information content (AvgIpc) is 2.84. The van der Waals surface area contributed by atoms with Crippen LogP contribution < -0.4 is 10.1 Å². The SMILES string of the molecule is COc1ccc2c(c1)C(CC(=O)c1ccc(C(=O)NCCc3ccccn3)cc1)=NC(C)(C)C2. The molecule has 0 saturated heterocycles. The highest BCUT2D eigenvalue weighted by Crippen LogP contribution is 2.31. The molecule has 2 heterocycles. The molecule has 1 aliphatic heterocycles. The highest BCUT2D eigenvalue weighted by atomic mass is 16.5. The Hall–Kier alpha value is -3.80. The van der Waals surface area contributed by atoms with Crippen LogP contribution >= 0.6 is 0 Å². The third-order valence-electron chi connectivity index (χ3n) is 5.88. The maximum absolute atomic E-state index is 13.1. The van der Waals surface area contributed by atoms with Gasteiger partial charge in [-0.15, -0.1) is 0 Å². The molecule has 0 radical (unpaired) electrons. The minimum Gasteiger partial charge on any atom is -0.497 e. The second-order valence-electron chi connectivity index (χ2n) is 9.08. The summed E-state index contributed by atoms with van der Waals surface area (Å²) in [5.74, 6) is 0.540. The van der Waals surface area contributed by atoms with E-state index >= 15 is 0 Å². The molecule has 1 aliphatic rings.